The van der Waals surface area contributed by atoms with Gasteiger partial charge in [-0.3, -0.25) is 4.79 Å². The lowest BCUT2D eigenvalue weighted by atomic mass is 9.85. The van der Waals surface area contributed by atoms with Gasteiger partial charge < -0.3 is 10.2 Å². The van der Waals surface area contributed by atoms with Crippen LogP contribution < -0.4 is 0 Å². The fraction of sp³-hybridized carbons (Fsp3) is 0.950. The van der Waals surface area contributed by atoms with Crippen LogP contribution in [0.1, 0.15) is 96.8 Å². The second-order valence-corrected chi connectivity index (χ2v) is 8.37. The van der Waals surface area contributed by atoms with Crippen LogP contribution >= 0.6 is 12.6 Å². The monoisotopic (exact) mass is 358 g/mol. The van der Waals surface area contributed by atoms with Crippen LogP contribution in [0.3, 0.4) is 0 Å². The third kappa shape index (κ3) is 9.31. The lowest BCUT2D eigenvalue weighted by Crippen LogP contribution is -2.20. The number of carbonyl (C=O) groups is 1. The number of unbranched alkanes of at least 4 members (excludes halogenated alkanes) is 5. The second kappa shape index (κ2) is 13.0. The number of aliphatic carboxylic acids is 1. The fourth-order valence-corrected chi connectivity index (χ4v) is 4.44. The molecule has 0 saturated heterocycles. The molecule has 1 saturated carbocycles. The third-order valence-electron chi connectivity index (χ3n) is 5.62. The van der Waals surface area contributed by atoms with Crippen molar-refractivity contribution in [3.05, 3.63) is 0 Å². The molecule has 1 aliphatic rings. The minimum absolute atomic E-state index is 0.118. The van der Waals surface area contributed by atoms with Crippen LogP contribution in [0.15, 0.2) is 0 Å². The van der Waals surface area contributed by atoms with Gasteiger partial charge in [0, 0.05) is 11.7 Å². The Morgan fingerprint density at radius 3 is 2.50 bits per heavy atom. The highest BCUT2D eigenvalue weighted by atomic mass is 32.1. The van der Waals surface area contributed by atoms with Crippen molar-refractivity contribution >= 4 is 18.6 Å². The first-order valence-electron chi connectivity index (χ1n) is 10.1. The zero-order valence-electron chi connectivity index (χ0n) is 15.5. The van der Waals surface area contributed by atoms with E-state index in [4.69, 9.17) is 17.7 Å². The number of carboxylic acid groups (broad SMARTS) is 1. The Kier molecular flexibility index (Phi) is 11.9. The average Bonchev–Trinajstić information content (AvgIpc) is 2.89. The lowest BCUT2D eigenvalue weighted by molar-refractivity contribution is -0.137. The second-order valence-electron chi connectivity index (χ2n) is 7.64. The molecule has 1 unspecified atom stereocenters. The van der Waals surface area contributed by atoms with E-state index in [1.54, 1.807) is 0 Å². The van der Waals surface area contributed by atoms with E-state index in [2.05, 4.69) is 6.92 Å². The molecular formula is C20H38O3S. The van der Waals surface area contributed by atoms with Gasteiger partial charge in [0.25, 0.3) is 0 Å². The maximum Gasteiger partial charge on any atom is 0.303 e. The average molecular weight is 359 g/mol. The Morgan fingerprint density at radius 2 is 1.79 bits per heavy atom. The van der Waals surface area contributed by atoms with Gasteiger partial charge in [-0.25, -0.2) is 0 Å². The number of carboxylic acids is 1. The van der Waals surface area contributed by atoms with E-state index in [0.29, 0.717) is 17.1 Å². The number of aliphatic hydroxyl groups excluding tert-OH is 1. The maximum absolute atomic E-state index is 10.5. The van der Waals surface area contributed by atoms with E-state index in [1.807, 2.05) is 0 Å². The summed E-state index contributed by atoms with van der Waals surface area (Å²) in [5.41, 5.74) is 0. The Bertz CT molecular complexity index is 335. The number of aliphatic hydroxyl groups is 1. The van der Waals surface area contributed by atoms with Crippen molar-refractivity contribution in [3.63, 3.8) is 0 Å². The molecule has 142 valence electrons. The van der Waals surface area contributed by atoms with Crippen LogP contribution in [0.2, 0.25) is 0 Å². The van der Waals surface area contributed by atoms with E-state index in [0.717, 1.165) is 38.5 Å². The lowest BCUT2D eigenvalue weighted by Gasteiger charge is -2.23. The molecule has 0 bridgehead atoms. The van der Waals surface area contributed by atoms with Crippen molar-refractivity contribution in [2.45, 2.75) is 108 Å². The van der Waals surface area contributed by atoms with Gasteiger partial charge in [-0.15, -0.1) is 0 Å². The predicted octanol–water partition coefficient (Wildman–Crippen LogP) is 5.46. The standard InChI is InChI=1S/C20H38O3S/c1-2-3-6-9-17(24)14-12-16-13-15-19(21)18(16)10-7-4-5-8-11-20(22)23/h16-19,21,24H,2-15H2,1H3,(H,22,23)/t16-,17?,18+,19-/m0/s1. The fourth-order valence-electron chi connectivity index (χ4n) is 4.10. The van der Waals surface area contributed by atoms with Crippen molar-refractivity contribution in [2.24, 2.45) is 11.8 Å². The number of hydrogen-bond donors (Lipinski definition) is 3. The van der Waals surface area contributed by atoms with Crippen molar-refractivity contribution in [2.75, 3.05) is 0 Å². The van der Waals surface area contributed by atoms with E-state index in [-0.39, 0.29) is 12.5 Å². The summed E-state index contributed by atoms with van der Waals surface area (Å²) in [6.45, 7) is 2.24. The van der Waals surface area contributed by atoms with E-state index >= 15 is 0 Å². The molecule has 0 aliphatic heterocycles. The summed E-state index contributed by atoms with van der Waals surface area (Å²) < 4.78 is 0. The Labute approximate surface area is 154 Å². The van der Waals surface area contributed by atoms with Crippen LogP contribution in [0, 0.1) is 11.8 Å². The normalized spacial score (nSPS) is 25.0. The number of hydrogen-bond acceptors (Lipinski definition) is 3. The molecule has 0 aromatic carbocycles. The van der Waals surface area contributed by atoms with E-state index < -0.39 is 5.97 Å². The van der Waals surface area contributed by atoms with Crippen LogP contribution in [-0.2, 0) is 4.79 Å². The quantitative estimate of drug-likeness (QED) is 0.285. The van der Waals surface area contributed by atoms with Crippen LogP contribution in [0.25, 0.3) is 0 Å². The summed E-state index contributed by atoms with van der Waals surface area (Å²) in [5, 5.41) is 19.4. The first-order chi connectivity index (χ1) is 11.5. The Morgan fingerprint density at radius 1 is 1.04 bits per heavy atom. The molecule has 0 aromatic heterocycles. The van der Waals surface area contributed by atoms with Gasteiger partial charge in [-0.2, -0.15) is 12.6 Å². The first kappa shape index (κ1) is 21.8. The molecule has 4 atom stereocenters. The van der Waals surface area contributed by atoms with Gasteiger partial charge in [0.2, 0.25) is 0 Å². The third-order valence-corrected chi connectivity index (χ3v) is 6.14. The Balaban J connectivity index is 2.18. The zero-order valence-corrected chi connectivity index (χ0v) is 16.4. The molecule has 24 heavy (non-hydrogen) atoms. The summed E-state index contributed by atoms with van der Waals surface area (Å²) in [7, 11) is 0. The maximum atomic E-state index is 10.5. The molecular weight excluding hydrogens is 320 g/mol. The summed E-state index contributed by atoms with van der Waals surface area (Å²) in [4.78, 5) is 10.5. The molecule has 2 N–H and O–H groups in total. The van der Waals surface area contributed by atoms with Gasteiger partial charge in [0.15, 0.2) is 0 Å². The molecule has 0 spiro atoms. The predicted molar refractivity (Wildman–Crippen MR) is 104 cm³/mol. The summed E-state index contributed by atoms with van der Waals surface area (Å²) >= 11 is 4.74. The topological polar surface area (TPSA) is 57.5 Å². The highest BCUT2D eigenvalue weighted by Crippen LogP contribution is 2.39. The molecule has 0 radical (unpaired) electrons. The van der Waals surface area contributed by atoms with Crippen molar-refractivity contribution in [1.82, 2.24) is 0 Å². The molecule has 0 amide bonds. The molecule has 4 heteroatoms. The molecule has 0 aromatic rings. The van der Waals surface area contributed by atoms with Gasteiger partial charge in [-0.1, -0.05) is 45.4 Å². The minimum atomic E-state index is -0.693. The van der Waals surface area contributed by atoms with Gasteiger partial charge >= 0.3 is 5.97 Å². The minimum Gasteiger partial charge on any atom is -0.481 e. The molecule has 3 nitrogen and oxygen atoms in total. The van der Waals surface area contributed by atoms with Crippen molar-refractivity contribution in [1.29, 1.82) is 0 Å². The molecule has 1 rings (SSSR count). The molecule has 0 heterocycles. The van der Waals surface area contributed by atoms with E-state index in [9.17, 15) is 9.90 Å². The number of rotatable bonds is 14. The molecule has 1 aliphatic carbocycles. The Hall–Kier alpha value is -0.220. The van der Waals surface area contributed by atoms with Crippen LogP contribution in [0.5, 0.6) is 0 Å². The first-order valence-corrected chi connectivity index (χ1v) is 10.6. The van der Waals surface area contributed by atoms with Crippen molar-refractivity contribution < 1.29 is 15.0 Å². The molecule has 1 fully saturated rings. The summed E-state index contributed by atoms with van der Waals surface area (Å²) in [6.07, 6.45) is 14.9. The largest absolute Gasteiger partial charge is 0.481 e. The van der Waals surface area contributed by atoms with Gasteiger partial charge in [0.1, 0.15) is 0 Å². The SMILES string of the molecule is CCCCCC(S)CC[C@H]1CC[C@H](O)[C@@H]1CCCCCCC(=O)O. The van der Waals surface area contributed by atoms with Gasteiger partial charge in [-0.05, 0) is 56.8 Å². The summed E-state index contributed by atoms with van der Waals surface area (Å²) in [6, 6.07) is 0. The van der Waals surface area contributed by atoms with Crippen LogP contribution in [-0.4, -0.2) is 27.5 Å². The van der Waals surface area contributed by atoms with Gasteiger partial charge in [0.05, 0.1) is 6.10 Å². The van der Waals surface area contributed by atoms with Crippen molar-refractivity contribution in [3.8, 4) is 0 Å². The number of thiol groups is 1. The highest BCUT2D eigenvalue weighted by Gasteiger charge is 2.34. The van der Waals surface area contributed by atoms with Crippen LogP contribution in [0.4, 0.5) is 0 Å². The summed E-state index contributed by atoms with van der Waals surface area (Å²) in [5.74, 6) is 0.432. The van der Waals surface area contributed by atoms with E-state index in [1.165, 1.54) is 44.9 Å². The zero-order chi connectivity index (χ0) is 17.8. The smallest absolute Gasteiger partial charge is 0.303 e. The highest BCUT2D eigenvalue weighted by molar-refractivity contribution is 7.80.